The van der Waals surface area contributed by atoms with Crippen LogP contribution >= 0.6 is 0 Å². The van der Waals surface area contributed by atoms with E-state index in [0.29, 0.717) is 6.67 Å². The van der Waals surface area contributed by atoms with Crippen molar-refractivity contribution >= 4 is 5.84 Å². The molecule has 0 saturated carbocycles. The lowest BCUT2D eigenvalue weighted by molar-refractivity contribution is 0.0528. The third-order valence-corrected chi connectivity index (χ3v) is 5.98. The second-order valence-corrected chi connectivity index (χ2v) is 9.01. The molecule has 0 aromatic heterocycles. The Morgan fingerprint density at radius 3 is 2.69 bits per heavy atom. The Bertz CT molecular complexity index is 994. The molecule has 0 aromatic rings. The predicted molar refractivity (Wildman–Crippen MR) is 148 cm³/mol. The van der Waals surface area contributed by atoms with E-state index in [4.69, 9.17) is 4.74 Å². The van der Waals surface area contributed by atoms with Crippen LogP contribution in [0.5, 0.6) is 0 Å². The lowest BCUT2D eigenvalue weighted by Crippen LogP contribution is -2.44. The van der Waals surface area contributed by atoms with Crippen LogP contribution < -0.4 is 21.3 Å². The first-order chi connectivity index (χ1) is 17.5. The fourth-order valence-corrected chi connectivity index (χ4v) is 4.25. The molecule has 0 bridgehead atoms. The van der Waals surface area contributed by atoms with Crippen molar-refractivity contribution in [1.29, 1.82) is 0 Å². The van der Waals surface area contributed by atoms with Gasteiger partial charge in [0.15, 0.2) is 0 Å². The summed E-state index contributed by atoms with van der Waals surface area (Å²) >= 11 is 0. The highest BCUT2D eigenvalue weighted by atomic mass is 16.5. The monoisotopic (exact) mass is 494 g/mol. The summed E-state index contributed by atoms with van der Waals surface area (Å²) in [7, 11) is 3.25. The van der Waals surface area contributed by atoms with E-state index in [0.717, 1.165) is 67.8 Å². The second-order valence-electron chi connectivity index (χ2n) is 9.01. The van der Waals surface area contributed by atoms with Gasteiger partial charge < -0.3 is 35.6 Å². The summed E-state index contributed by atoms with van der Waals surface area (Å²) < 4.78 is 9.76. The zero-order valence-electron chi connectivity index (χ0n) is 22.4. The first kappa shape index (κ1) is 27.4. The van der Waals surface area contributed by atoms with Gasteiger partial charge >= 0.3 is 0 Å². The molecule has 4 rings (SSSR count). The van der Waals surface area contributed by atoms with Gasteiger partial charge in [0.2, 0.25) is 0 Å². The molecule has 1 fully saturated rings. The van der Waals surface area contributed by atoms with Gasteiger partial charge in [0.25, 0.3) is 0 Å². The van der Waals surface area contributed by atoms with E-state index >= 15 is 0 Å². The number of morpholine rings is 1. The Balaban J connectivity index is 0.00000115. The van der Waals surface area contributed by atoms with Crippen molar-refractivity contribution < 1.29 is 9.47 Å². The SMILES string of the molecule is CC1=C(NC(C)NC2=NCN/C2=C(/C)NC2=CC=CCC=C2)C=CCC(N2CCOCC2)=C1.COC. The fraction of sp³-hybridized carbons (Fsp3) is 0.464. The van der Waals surface area contributed by atoms with Crippen molar-refractivity contribution in [2.24, 2.45) is 4.99 Å². The van der Waals surface area contributed by atoms with Crippen LogP contribution in [-0.4, -0.2) is 64.1 Å². The maximum absolute atomic E-state index is 5.51. The number of allylic oxidation sites excluding steroid dienone is 10. The Labute approximate surface area is 216 Å². The van der Waals surface area contributed by atoms with Gasteiger partial charge in [0.1, 0.15) is 12.5 Å². The van der Waals surface area contributed by atoms with Gasteiger partial charge in [-0.15, -0.1) is 0 Å². The molecule has 0 radical (unpaired) electrons. The van der Waals surface area contributed by atoms with Gasteiger partial charge in [0.05, 0.1) is 25.1 Å². The predicted octanol–water partition coefficient (Wildman–Crippen LogP) is 3.40. The Morgan fingerprint density at radius 1 is 1.14 bits per heavy atom. The maximum Gasteiger partial charge on any atom is 0.149 e. The van der Waals surface area contributed by atoms with Crippen LogP contribution in [0.15, 0.2) is 87.7 Å². The standard InChI is InChI=1S/C26H36N6O.C2H6O/c1-19-17-23(32-13-15-33-16-14-32)11-8-12-24(19)30-21(3)31-26-25(27-18-28-26)20(2)29-22-9-6-4-5-7-10-22;1-3-2/h4,6-10,12,17,21,27,29-30H,5,11,13-16,18H2,1-3H3,(H,28,31);1-2H3/b25-20-;. The third-order valence-electron chi connectivity index (χ3n) is 5.98. The number of aliphatic imine (C=N–C) groups is 1. The summed E-state index contributed by atoms with van der Waals surface area (Å²) in [5.41, 5.74) is 6.84. The quantitative estimate of drug-likeness (QED) is 0.421. The molecule has 2 heterocycles. The van der Waals surface area contributed by atoms with Crippen LogP contribution in [-0.2, 0) is 9.47 Å². The average molecular weight is 495 g/mol. The van der Waals surface area contributed by atoms with Gasteiger partial charge in [-0.05, 0) is 57.1 Å². The van der Waals surface area contributed by atoms with E-state index in [1.807, 2.05) is 0 Å². The largest absolute Gasteiger partial charge is 0.388 e. The average Bonchev–Trinajstić information content (AvgIpc) is 3.06. The number of amidine groups is 1. The highest BCUT2D eigenvalue weighted by Crippen LogP contribution is 2.20. The van der Waals surface area contributed by atoms with Crippen LogP contribution in [0.25, 0.3) is 0 Å². The molecule has 2 aliphatic heterocycles. The van der Waals surface area contributed by atoms with Crippen LogP contribution in [0.3, 0.4) is 0 Å². The fourth-order valence-electron chi connectivity index (χ4n) is 4.25. The summed E-state index contributed by atoms with van der Waals surface area (Å²) in [5, 5.41) is 14.0. The van der Waals surface area contributed by atoms with Crippen molar-refractivity contribution in [2.45, 2.75) is 39.8 Å². The summed E-state index contributed by atoms with van der Waals surface area (Å²) in [6.07, 6.45) is 19.2. The Morgan fingerprint density at radius 2 is 1.92 bits per heavy atom. The molecule has 0 spiro atoms. The normalized spacial score (nSPS) is 21.7. The van der Waals surface area contributed by atoms with Gasteiger partial charge in [-0.25, -0.2) is 4.99 Å². The highest BCUT2D eigenvalue weighted by molar-refractivity contribution is 5.99. The van der Waals surface area contributed by atoms with E-state index < -0.39 is 0 Å². The van der Waals surface area contributed by atoms with Gasteiger partial charge in [-0.3, -0.25) is 0 Å². The molecule has 8 nitrogen and oxygen atoms in total. The maximum atomic E-state index is 5.51. The molecular weight excluding hydrogens is 452 g/mol. The number of rotatable bonds is 6. The van der Waals surface area contributed by atoms with Gasteiger partial charge in [0, 0.05) is 56.5 Å². The van der Waals surface area contributed by atoms with E-state index in [2.05, 4.69) is 105 Å². The molecular formula is C28H42N6O2. The molecule has 1 atom stereocenters. The van der Waals surface area contributed by atoms with Crippen LogP contribution in [0.2, 0.25) is 0 Å². The lowest BCUT2D eigenvalue weighted by Gasteiger charge is -2.30. The number of hydrogen-bond donors (Lipinski definition) is 4. The van der Waals surface area contributed by atoms with Crippen molar-refractivity contribution in [3.05, 3.63) is 82.7 Å². The zero-order chi connectivity index (χ0) is 25.8. The molecule has 4 aliphatic rings. The van der Waals surface area contributed by atoms with Crippen LogP contribution in [0.4, 0.5) is 0 Å². The molecule has 0 amide bonds. The smallest absolute Gasteiger partial charge is 0.149 e. The van der Waals surface area contributed by atoms with Crippen LogP contribution in [0, 0.1) is 0 Å². The van der Waals surface area contributed by atoms with Crippen molar-refractivity contribution in [3.63, 3.8) is 0 Å². The van der Waals surface area contributed by atoms with E-state index in [1.54, 1.807) is 14.2 Å². The molecule has 196 valence electrons. The first-order valence-electron chi connectivity index (χ1n) is 12.7. The summed E-state index contributed by atoms with van der Waals surface area (Å²) in [6.45, 7) is 10.5. The summed E-state index contributed by atoms with van der Waals surface area (Å²) in [5.74, 6) is 0.870. The summed E-state index contributed by atoms with van der Waals surface area (Å²) in [4.78, 5) is 7.07. The Hall–Kier alpha value is -3.23. The minimum atomic E-state index is 0.0133. The van der Waals surface area contributed by atoms with Crippen molar-refractivity contribution in [2.75, 3.05) is 47.2 Å². The minimum absolute atomic E-state index is 0.0133. The zero-order valence-corrected chi connectivity index (χ0v) is 22.4. The molecule has 2 aliphatic carbocycles. The topological polar surface area (TPSA) is 82.2 Å². The van der Waals surface area contributed by atoms with Crippen molar-refractivity contribution in [3.8, 4) is 0 Å². The van der Waals surface area contributed by atoms with Crippen molar-refractivity contribution in [1.82, 2.24) is 26.2 Å². The molecule has 8 heteroatoms. The number of nitrogens with one attached hydrogen (secondary N) is 4. The second kappa shape index (κ2) is 14.4. The number of methoxy groups -OCH3 is 1. The molecule has 4 N–H and O–H groups in total. The first-order valence-corrected chi connectivity index (χ1v) is 12.7. The molecule has 1 saturated heterocycles. The molecule has 36 heavy (non-hydrogen) atoms. The van der Waals surface area contributed by atoms with E-state index in [9.17, 15) is 0 Å². The van der Waals surface area contributed by atoms with E-state index in [-0.39, 0.29) is 6.17 Å². The van der Waals surface area contributed by atoms with Crippen LogP contribution in [0.1, 0.15) is 33.6 Å². The van der Waals surface area contributed by atoms with E-state index in [1.165, 1.54) is 11.3 Å². The number of hydrogen-bond acceptors (Lipinski definition) is 8. The number of nitrogens with zero attached hydrogens (tertiary/aromatic N) is 2. The van der Waals surface area contributed by atoms with Gasteiger partial charge in [-0.2, -0.15) is 0 Å². The minimum Gasteiger partial charge on any atom is -0.388 e. The third kappa shape index (κ3) is 8.17. The Kier molecular flexibility index (Phi) is 10.9. The van der Waals surface area contributed by atoms with Gasteiger partial charge in [-0.1, -0.05) is 24.3 Å². The molecule has 0 aromatic carbocycles. The number of ether oxygens (including phenoxy) is 2. The summed E-state index contributed by atoms with van der Waals surface area (Å²) in [6, 6.07) is 0. The molecule has 1 unspecified atom stereocenters. The highest BCUT2D eigenvalue weighted by Gasteiger charge is 2.19. The lowest BCUT2D eigenvalue weighted by atomic mass is 10.2.